The van der Waals surface area contributed by atoms with E-state index in [4.69, 9.17) is 40.5 Å². The fourth-order valence-corrected chi connectivity index (χ4v) is 2.26. The Hall–Kier alpha value is -0.640. The van der Waals surface area contributed by atoms with Gasteiger partial charge in [0.05, 0.1) is 11.2 Å². The molecular formula is C11H12Cl3N3. The fourth-order valence-electron chi connectivity index (χ4n) is 1.86. The molecule has 0 saturated carbocycles. The number of rotatable bonds is 1. The quantitative estimate of drug-likeness (QED) is 0.637. The summed E-state index contributed by atoms with van der Waals surface area (Å²) in [4.78, 5) is 4.35. The Labute approximate surface area is 114 Å². The molecule has 0 spiro atoms. The van der Waals surface area contributed by atoms with Crippen LogP contribution in [0, 0.1) is 0 Å². The number of nitrogens with two attached hydrogens (primary N) is 1. The third-order valence-electron chi connectivity index (χ3n) is 2.52. The molecule has 0 atom stereocenters. The molecule has 0 amide bonds. The maximum atomic E-state index is 5.94. The standard InChI is InChI=1S/C11H12Cl3N3/c1-6(2)17-8-5-3-4-7(15)9(8)16-10(17)11(12,13)14/h3-6H,15H2,1-2H3. The minimum absolute atomic E-state index is 0.132. The Bertz CT molecular complexity index is 555. The number of alkyl halides is 3. The van der Waals surface area contributed by atoms with E-state index in [-0.39, 0.29) is 6.04 Å². The maximum absolute atomic E-state index is 5.94. The summed E-state index contributed by atoms with van der Waals surface area (Å²) in [7, 11) is 0. The molecule has 0 saturated heterocycles. The lowest BCUT2D eigenvalue weighted by molar-refractivity contribution is 0.589. The Morgan fingerprint density at radius 2 is 1.94 bits per heavy atom. The van der Waals surface area contributed by atoms with Crippen LogP contribution in [0.2, 0.25) is 0 Å². The number of anilines is 1. The van der Waals surface area contributed by atoms with Crippen molar-refractivity contribution >= 4 is 51.5 Å². The zero-order valence-corrected chi connectivity index (χ0v) is 11.7. The molecule has 2 N–H and O–H groups in total. The lowest BCUT2D eigenvalue weighted by atomic mass is 10.2. The summed E-state index contributed by atoms with van der Waals surface area (Å²) in [6.07, 6.45) is 0. The first-order valence-electron chi connectivity index (χ1n) is 5.16. The molecule has 1 heterocycles. The van der Waals surface area contributed by atoms with Crippen molar-refractivity contribution in [1.82, 2.24) is 9.55 Å². The first kappa shape index (κ1) is 12.8. The van der Waals surface area contributed by atoms with E-state index in [1.807, 2.05) is 30.5 Å². The van der Waals surface area contributed by atoms with Crippen molar-refractivity contribution in [3.05, 3.63) is 24.0 Å². The molecule has 0 fully saturated rings. The minimum atomic E-state index is -1.56. The highest BCUT2D eigenvalue weighted by Crippen LogP contribution is 2.40. The van der Waals surface area contributed by atoms with Crippen molar-refractivity contribution in [2.75, 3.05) is 5.73 Å². The summed E-state index contributed by atoms with van der Waals surface area (Å²) in [5.41, 5.74) is 8.00. The molecular weight excluding hydrogens is 281 g/mol. The molecule has 0 unspecified atom stereocenters. The van der Waals surface area contributed by atoms with E-state index in [0.717, 1.165) is 5.52 Å². The van der Waals surface area contributed by atoms with Crippen molar-refractivity contribution in [3.63, 3.8) is 0 Å². The molecule has 0 aliphatic rings. The fraction of sp³-hybridized carbons (Fsp3) is 0.364. The molecule has 0 radical (unpaired) electrons. The number of benzene rings is 1. The normalized spacial score (nSPS) is 12.6. The smallest absolute Gasteiger partial charge is 0.248 e. The van der Waals surface area contributed by atoms with E-state index >= 15 is 0 Å². The summed E-state index contributed by atoms with van der Waals surface area (Å²) in [5.74, 6) is 0.394. The van der Waals surface area contributed by atoms with Crippen LogP contribution in [0.4, 0.5) is 5.69 Å². The predicted octanol–water partition coefficient (Wildman–Crippen LogP) is 4.03. The predicted molar refractivity (Wildman–Crippen MR) is 73.8 cm³/mol. The second-order valence-electron chi connectivity index (χ2n) is 4.11. The Morgan fingerprint density at radius 1 is 1.29 bits per heavy atom. The number of halogens is 3. The zero-order valence-electron chi connectivity index (χ0n) is 9.42. The van der Waals surface area contributed by atoms with E-state index < -0.39 is 3.79 Å². The molecule has 0 aliphatic carbocycles. The van der Waals surface area contributed by atoms with Gasteiger partial charge in [-0.05, 0) is 26.0 Å². The second-order valence-corrected chi connectivity index (χ2v) is 6.39. The number of fused-ring (bicyclic) bond motifs is 1. The van der Waals surface area contributed by atoms with E-state index in [1.54, 1.807) is 6.07 Å². The largest absolute Gasteiger partial charge is 0.397 e. The van der Waals surface area contributed by atoms with Crippen molar-refractivity contribution in [2.45, 2.75) is 23.7 Å². The number of para-hydroxylation sites is 1. The Kier molecular flexibility index (Phi) is 3.19. The lowest BCUT2D eigenvalue weighted by Gasteiger charge is -2.17. The van der Waals surface area contributed by atoms with Crippen LogP contribution in [-0.4, -0.2) is 9.55 Å². The first-order valence-corrected chi connectivity index (χ1v) is 6.29. The number of aromatic nitrogens is 2. The van der Waals surface area contributed by atoms with Gasteiger partial charge >= 0.3 is 0 Å². The van der Waals surface area contributed by atoms with Gasteiger partial charge in [-0.15, -0.1) is 0 Å². The van der Waals surface area contributed by atoms with E-state index in [9.17, 15) is 0 Å². The molecule has 2 aromatic rings. The van der Waals surface area contributed by atoms with Crippen LogP contribution in [0.25, 0.3) is 11.0 Å². The van der Waals surface area contributed by atoms with Gasteiger partial charge in [-0.3, -0.25) is 0 Å². The van der Waals surface area contributed by atoms with Gasteiger partial charge in [-0.2, -0.15) is 0 Å². The average Bonchev–Trinajstić information content (AvgIpc) is 2.57. The van der Waals surface area contributed by atoms with E-state index in [2.05, 4.69) is 4.98 Å². The number of nitrogens with zero attached hydrogens (tertiary/aromatic N) is 2. The average molecular weight is 293 g/mol. The van der Waals surface area contributed by atoms with Gasteiger partial charge in [-0.1, -0.05) is 40.9 Å². The van der Waals surface area contributed by atoms with Crippen molar-refractivity contribution < 1.29 is 0 Å². The summed E-state index contributed by atoms with van der Waals surface area (Å²) in [5, 5.41) is 0. The Balaban J connectivity index is 2.85. The topological polar surface area (TPSA) is 43.8 Å². The molecule has 6 heteroatoms. The highest BCUT2D eigenvalue weighted by molar-refractivity contribution is 6.66. The summed E-state index contributed by atoms with van der Waals surface area (Å²) < 4.78 is 0.328. The molecule has 0 aliphatic heterocycles. The minimum Gasteiger partial charge on any atom is -0.397 e. The first-order chi connectivity index (χ1) is 7.82. The van der Waals surface area contributed by atoms with Crippen LogP contribution in [-0.2, 0) is 3.79 Å². The molecule has 0 bridgehead atoms. The summed E-state index contributed by atoms with van der Waals surface area (Å²) in [6.45, 7) is 4.01. The van der Waals surface area contributed by atoms with Crippen LogP contribution >= 0.6 is 34.8 Å². The van der Waals surface area contributed by atoms with Gasteiger partial charge < -0.3 is 10.3 Å². The molecule has 17 heavy (non-hydrogen) atoms. The van der Waals surface area contributed by atoms with Gasteiger partial charge in [0, 0.05) is 6.04 Å². The Morgan fingerprint density at radius 3 is 2.47 bits per heavy atom. The van der Waals surface area contributed by atoms with E-state index in [0.29, 0.717) is 17.0 Å². The lowest BCUT2D eigenvalue weighted by Crippen LogP contribution is -2.13. The van der Waals surface area contributed by atoms with Gasteiger partial charge in [0.15, 0.2) is 5.82 Å². The maximum Gasteiger partial charge on any atom is 0.248 e. The number of hydrogen-bond donors (Lipinski definition) is 1. The van der Waals surface area contributed by atoms with Gasteiger partial charge in [-0.25, -0.2) is 4.98 Å². The van der Waals surface area contributed by atoms with Gasteiger partial charge in [0.1, 0.15) is 5.52 Å². The molecule has 92 valence electrons. The molecule has 2 rings (SSSR count). The second kappa shape index (κ2) is 4.23. The molecule has 3 nitrogen and oxygen atoms in total. The highest BCUT2D eigenvalue weighted by atomic mass is 35.6. The van der Waals surface area contributed by atoms with Crippen molar-refractivity contribution in [2.24, 2.45) is 0 Å². The molecule has 1 aromatic carbocycles. The monoisotopic (exact) mass is 291 g/mol. The van der Waals surface area contributed by atoms with Crippen LogP contribution < -0.4 is 5.73 Å². The number of imidazole rings is 1. The van der Waals surface area contributed by atoms with Crippen LogP contribution in [0.1, 0.15) is 25.7 Å². The number of nitrogen functional groups attached to an aromatic ring is 1. The van der Waals surface area contributed by atoms with E-state index in [1.165, 1.54) is 0 Å². The zero-order chi connectivity index (χ0) is 12.8. The van der Waals surface area contributed by atoms with Crippen LogP contribution in [0.15, 0.2) is 18.2 Å². The van der Waals surface area contributed by atoms with Crippen LogP contribution in [0.5, 0.6) is 0 Å². The molecule has 1 aromatic heterocycles. The number of hydrogen-bond acceptors (Lipinski definition) is 2. The van der Waals surface area contributed by atoms with Crippen molar-refractivity contribution in [1.29, 1.82) is 0 Å². The highest BCUT2D eigenvalue weighted by Gasteiger charge is 2.31. The van der Waals surface area contributed by atoms with Crippen molar-refractivity contribution in [3.8, 4) is 0 Å². The third kappa shape index (κ3) is 2.19. The summed E-state index contributed by atoms with van der Waals surface area (Å²) >= 11 is 17.8. The van der Waals surface area contributed by atoms with Gasteiger partial charge in [0.25, 0.3) is 0 Å². The van der Waals surface area contributed by atoms with Crippen LogP contribution in [0.3, 0.4) is 0 Å². The summed E-state index contributed by atoms with van der Waals surface area (Å²) in [6, 6.07) is 5.69. The van der Waals surface area contributed by atoms with Gasteiger partial charge in [0.2, 0.25) is 3.79 Å². The third-order valence-corrected chi connectivity index (χ3v) is 3.03. The SMILES string of the molecule is CC(C)n1c(C(Cl)(Cl)Cl)nc2c(N)cccc21.